The van der Waals surface area contributed by atoms with Crippen LogP contribution in [0.5, 0.6) is 0 Å². The van der Waals surface area contributed by atoms with E-state index in [1.807, 2.05) is 13.8 Å². The van der Waals surface area contributed by atoms with E-state index in [0.717, 1.165) is 5.56 Å². The highest BCUT2D eigenvalue weighted by Gasteiger charge is 2.34. The van der Waals surface area contributed by atoms with Gasteiger partial charge in [-0.25, -0.2) is 4.85 Å². The molecule has 0 unspecified atom stereocenters. The Morgan fingerprint density at radius 3 is 2.79 bits per heavy atom. The lowest BCUT2D eigenvalue weighted by atomic mass is 9.94. The smallest absolute Gasteiger partial charge is 0.252 e. The summed E-state index contributed by atoms with van der Waals surface area (Å²) in [7, 11) is 0. The molecule has 3 heteroatoms. The molecule has 0 spiro atoms. The number of amides is 1. The van der Waals surface area contributed by atoms with E-state index in [1.165, 1.54) is 0 Å². The van der Waals surface area contributed by atoms with Crippen LogP contribution in [0.4, 0.5) is 5.69 Å². The molecule has 1 aliphatic heterocycles. The molecule has 1 aromatic carbocycles. The van der Waals surface area contributed by atoms with Crippen LogP contribution in [0, 0.1) is 6.57 Å². The van der Waals surface area contributed by atoms with Crippen LogP contribution in [0.25, 0.3) is 4.85 Å². The Balaban J connectivity index is 2.66. The summed E-state index contributed by atoms with van der Waals surface area (Å²) in [6.45, 7) is 10.8. The van der Waals surface area contributed by atoms with Crippen LogP contribution in [0.3, 0.4) is 0 Å². The van der Waals surface area contributed by atoms with Crippen molar-refractivity contribution in [2.45, 2.75) is 19.4 Å². The minimum absolute atomic E-state index is 0.0541. The summed E-state index contributed by atoms with van der Waals surface area (Å²) in [6, 6.07) is 5.17. The molecule has 1 N–H and O–H groups in total. The molecular formula is C11H10N2O. The van der Waals surface area contributed by atoms with Gasteiger partial charge in [-0.05, 0) is 19.4 Å². The maximum atomic E-state index is 11.5. The normalized spacial score (nSPS) is 17.1. The van der Waals surface area contributed by atoms with Crippen molar-refractivity contribution < 1.29 is 4.79 Å². The van der Waals surface area contributed by atoms with E-state index in [1.54, 1.807) is 18.2 Å². The van der Waals surface area contributed by atoms with E-state index in [0.29, 0.717) is 11.3 Å². The Morgan fingerprint density at radius 1 is 1.43 bits per heavy atom. The van der Waals surface area contributed by atoms with Crippen molar-refractivity contribution in [1.82, 2.24) is 5.32 Å². The van der Waals surface area contributed by atoms with Crippen LogP contribution in [-0.2, 0) is 5.54 Å². The summed E-state index contributed by atoms with van der Waals surface area (Å²) >= 11 is 0. The molecule has 0 radical (unpaired) electrons. The fourth-order valence-electron chi connectivity index (χ4n) is 1.74. The number of nitrogens with zero attached hydrogens (tertiary/aromatic N) is 1. The van der Waals surface area contributed by atoms with Crippen LogP contribution in [0.1, 0.15) is 29.8 Å². The zero-order valence-corrected chi connectivity index (χ0v) is 8.09. The molecule has 0 saturated carbocycles. The maximum Gasteiger partial charge on any atom is 0.252 e. The fraction of sp³-hybridized carbons (Fsp3) is 0.273. The summed E-state index contributed by atoms with van der Waals surface area (Å²) in [5, 5.41) is 2.87. The van der Waals surface area contributed by atoms with Gasteiger partial charge in [0, 0.05) is 5.56 Å². The zero-order valence-electron chi connectivity index (χ0n) is 8.09. The van der Waals surface area contributed by atoms with Crippen molar-refractivity contribution in [3.05, 3.63) is 40.7 Å². The summed E-state index contributed by atoms with van der Waals surface area (Å²) in [6.07, 6.45) is 0. The minimum atomic E-state index is -0.354. The number of hydrogen-bond donors (Lipinski definition) is 1. The molecule has 0 bridgehead atoms. The molecule has 2 rings (SSSR count). The topological polar surface area (TPSA) is 33.5 Å². The second-order valence-corrected chi connectivity index (χ2v) is 3.92. The quantitative estimate of drug-likeness (QED) is 0.619. The van der Waals surface area contributed by atoms with Crippen molar-refractivity contribution in [3.63, 3.8) is 0 Å². The second-order valence-electron chi connectivity index (χ2n) is 3.92. The molecular weight excluding hydrogens is 176 g/mol. The van der Waals surface area contributed by atoms with Crippen molar-refractivity contribution in [3.8, 4) is 0 Å². The van der Waals surface area contributed by atoms with Gasteiger partial charge < -0.3 is 5.32 Å². The van der Waals surface area contributed by atoms with Gasteiger partial charge in [0.15, 0.2) is 5.69 Å². The Morgan fingerprint density at radius 2 is 2.14 bits per heavy atom. The maximum absolute atomic E-state index is 11.5. The Labute approximate surface area is 82.6 Å². The fourth-order valence-corrected chi connectivity index (χ4v) is 1.74. The van der Waals surface area contributed by atoms with E-state index < -0.39 is 0 Å². The third kappa shape index (κ3) is 1.08. The molecule has 14 heavy (non-hydrogen) atoms. The SMILES string of the molecule is [C-]#[N+]c1ccc2c(c1)C(C)(C)NC2=O. The highest BCUT2D eigenvalue weighted by Crippen LogP contribution is 2.33. The number of benzene rings is 1. The summed E-state index contributed by atoms with van der Waals surface area (Å²) in [5.74, 6) is -0.0541. The molecule has 70 valence electrons. The van der Waals surface area contributed by atoms with E-state index in [4.69, 9.17) is 6.57 Å². The van der Waals surface area contributed by atoms with Gasteiger partial charge in [0.05, 0.1) is 12.1 Å². The van der Waals surface area contributed by atoms with Gasteiger partial charge in [-0.2, -0.15) is 0 Å². The zero-order chi connectivity index (χ0) is 10.3. The number of carbonyl (C=O) groups is 1. The van der Waals surface area contributed by atoms with Crippen molar-refractivity contribution >= 4 is 11.6 Å². The summed E-state index contributed by atoms with van der Waals surface area (Å²) in [5.41, 5.74) is 1.82. The second kappa shape index (κ2) is 2.58. The Hall–Kier alpha value is -1.82. The number of nitrogens with one attached hydrogen (secondary N) is 1. The van der Waals surface area contributed by atoms with Crippen LogP contribution in [-0.4, -0.2) is 5.91 Å². The van der Waals surface area contributed by atoms with Crippen LogP contribution >= 0.6 is 0 Å². The van der Waals surface area contributed by atoms with Crippen molar-refractivity contribution in [2.24, 2.45) is 0 Å². The van der Waals surface area contributed by atoms with Gasteiger partial charge >= 0.3 is 0 Å². The monoisotopic (exact) mass is 186 g/mol. The highest BCUT2D eigenvalue weighted by molar-refractivity contribution is 6.00. The third-order valence-corrected chi connectivity index (χ3v) is 2.48. The lowest BCUT2D eigenvalue weighted by molar-refractivity contribution is 0.0940. The number of carbonyl (C=O) groups excluding carboxylic acids is 1. The lowest BCUT2D eigenvalue weighted by Crippen LogP contribution is -2.32. The standard InChI is InChI=1S/C11H10N2O/c1-11(2)9-6-7(12-3)4-5-8(9)10(14)13-11/h4-6H,1-2H3,(H,13,14). The molecule has 3 nitrogen and oxygen atoms in total. The van der Waals surface area contributed by atoms with Crippen LogP contribution in [0.2, 0.25) is 0 Å². The molecule has 0 aliphatic carbocycles. The van der Waals surface area contributed by atoms with E-state index >= 15 is 0 Å². The first-order chi connectivity index (χ1) is 6.54. The first-order valence-corrected chi connectivity index (χ1v) is 4.39. The molecule has 0 aromatic heterocycles. The van der Waals surface area contributed by atoms with E-state index in [-0.39, 0.29) is 11.4 Å². The largest absolute Gasteiger partial charge is 0.343 e. The molecule has 1 heterocycles. The highest BCUT2D eigenvalue weighted by atomic mass is 16.2. The van der Waals surface area contributed by atoms with Gasteiger partial charge in [0.2, 0.25) is 0 Å². The van der Waals surface area contributed by atoms with E-state index in [2.05, 4.69) is 10.2 Å². The third-order valence-electron chi connectivity index (χ3n) is 2.48. The van der Waals surface area contributed by atoms with Gasteiger partial charge in [0.25, 0.3) is 5.91 Å². The van der Waals surface area contributed by atoms with Crippen LogP contribution in [0.15, 0.2) is 18.2 Å². The predicted octanol–water partition coefficient (Wildman–Crippen LogP) is 2.22. The van der Waals surface area contributed by atoms with Gasteiger partial charge in [0.1, 0.15) is 0 Å². The summed E-state index contributed by atoms with van der Waals surface area (Å²) < 4.78 is 0. The average molecular weight is 186 g/mol. The Bertz CT molecular complexity index is 455. The van der Waals surface area contributed by atoms with Crippen molar-refractivity contribution in [1.29, 1.82) is 0 Å². The molecule has 0 fully saturated rings. The first kappa shape index (κ1) is 8.76. The molecule has 1 aromatic rings. The number of rotatable bonds is 0. The Kier molecular flexibility index (Phi) is 1.62. The van der Waals surface area contributed by atoms with Gasteiger partial charge in [-0.15, -0.1) is 0 Å². The van der Waals surface area contributed by atoms with Crippen molar-refractivity contribution in [2.75, 3.05) is 0 Å². The van der Waals surface area contributed by atoms with Gasteiger partial charge in [-0.3, -0.25) is 4.79 Å². The number of fused-ring (bicyclic) bond motifs is 1. The van der Waals surface area contributed by atoms with E-state index in [9.17, 15) is 4.79 Å². The lowest BCUT2D eigenvalue weighted by Gasteiger charge is -2.19. The molecule has 0 atom stereocenters. The number of hydrogen-bond acceptors (Lipinski definition) is 1. The average Bonchev–Trinajstić information content (AvgIpc) is 2.37. The summed E-state index contributed by atoms with van der Waals surface area (Å²) in [4.78, 5) is 14.8. The minimum Gasteiger partial charge on any atom is -0.343 e. The predicted molar refractivity (Wildman–Crippen MR) is 53.2 cm³/mol. The van der Waals surface area contributed by atoms with Crippen LogP contribution < -0.4 is 5.32 Å². The van der Waals surface area contributed by atoms with Gasteiger partial charge in [-0.1, -0.05) is 18.2 Å². The molecule has 1 amide bonds. The first-order valence-electron chi connectivity index (χ1n) is 4.39. The molecule has 0 saturated heterocycles. The molecule has 1 aliphatic rings.